The molecule has 0 unspecified atom stereocenters. The largest absolute Gasteiger partial charge is 0.338 e. The molecule has 0 spiro atoms. The van der Waals surface area contributed by atoms with Crippen molar-refractivity contribution < 1.29 is 4.79 Å². The number of carbonyl (C=O) groups is 1. The molecule has 0 aromatic heterocycles. The lowest BCUT2D eigenvalue weighted by atomic mass is 10.00. The molecule has 2 rings (SSSR count). The fourth-order valence-electron chi connectivity index (χ4n) is 1.88. The van der Waals surface area contributed by atoms with Gasteiger partial charge in [0.2, 0.25) is 5.91 Å². The number of carbonyl (C=O) groups excluding carboxylic acids is 1. The maximum atomic E-state index is 11.2. The molecule has 1 aliphatic rings. The van der Waals surface area contributed by atoms with Gasteiger partial charge >= 0.3 is 0 Å². The fraction of sp³-hybridized carbons (Fsp3) is 0.364. The van der Waals surface area contributed by atoms with Crippen molar-refractivity contribution in [2.45, 2.75) is 19.9 Å². The zero-order valence-corrected chi connectivity index (χ0v) is 9.90. The van der Waals surface area contributed by atoms with Crippen molar-refractivity contribution in [1.82, 2.24) is 4.90 Å². The molecule has 0 fully saturated rings. The minimum Gasteiger partial charge on any atom is -0.338 e. The molecule has 1 heterocycles. The Morgan fingerprint density at radius 2 is 2.13 bits per heavy atom. The normalized spacial score (nSPS) is 15.0. The minimum atomic E-state index is 0.0942. The second kappa shape index (κ2) is 4.03. The lowest BCUT2D eigenvalue weighted by Gasteiger charge is -2.28. The van der Waals surface area contributed by atoms with E-state index in [-0.39, 0.29) is 5.91 Å². The van der Waals surface area contributed by atoms with Gasteiger partial charge in [-0.15, -0.1) is 0 Å². The maximum Gasteiger partial charge on any atom is 0.219 e. The molecule has 1 amide bonds. The Bertz CT molecular complexity index is 417. The molecule has 0 N–H and O–H groups in total. The van der Waals surface area contributed by atoms with Crippen molar-refractivity contribution in [2.24, 2.45) is 0 Å². The number of nitrogens with zero attached hydrogens (tertiary/aromatic N) is 1. The first-order chi connectivity index (χ1) is 7.08. The number of amides is 1. The topological polar surface area (TPSA) is 20.3 Å². The summed E-state index contributed by atoms with van der Waals surface area (Å²) in [7, 11) is 0. The highest BCUT2D eigenvalue weighted by molar-refractivity contribution is 6.35. The van der Waals surface area contributed by atoms with Crippen LogP contribution in [0, 0.1) is 0 Å². The van der Waals surface area contributed by atoms with Crippen molar-refractivity contribution in [1.29, 1.82) is 0 Å². The molecule has 0 saturated carbocycles. The molecule has 0 radical (unpaired) electrons. The van der Waals surface area contributed by atoms with Crippen LogP contribution in [-0.4, -0.2) is 17.4 Å². The third kappa shape index (κ3) is 2.11. The molecule has 0 aliphatic carbocycles. The molecule has 0 atom stereocenters. The lowest BCUT2D eigenvalue weighted by molar-refractivity contribution is -0.129. The molecule has 1 aromatic carbocycles. The summed E-state index contributed by atoms with van der Waals surface area (Å²) in [6, 6.07) is 3.64. The number of fused-ring (bicyclic) bond motifs is 1. The van der Waals surface area contributed by atoms with Gasteiger partial charge in [0.15, 0.2) is 0 Å². The summed E-state index contributed by atoms with van der Waals surface area (Å²) in [5.41, 5.74) is 2.19. The van der Waals surface area contributed by atoms with Gasteiger partial charge in [-0.3, -0.25) is 4.79 Å². The Hall–Kier alpha value is -0.730. The highest BCUT2D eigenvalue weighted by atomic mass is 35.5. The quantitative estimate of drug-likeness (QED) is 0.687. The van der Waals surface area contributed by atoms with Crippen LogP contribution in [0.4, 0.5) is 0 Å². The maximum absolute atomic E-state index is 11.2. The molecular formula is C11H11Cl2NO. The van der Waals surface area contributed by atoms with Crippen LogP contribution < -0.4 is 0 Å². The van der Waals surface area contributed by atoms with E-state index >= 15 is 0 Å². The smallest absolute Gasteiger partial charge is 0.219 e. The van der Waals surface area contributed by atoms with Gasteiger partial charge in [0, 0.05) is 30.1 Å². The predicted octanol–water partition coefficient (Wildman–Crippen LogP) is 2.90. The average molecular weight is 244 g/mol. The first-order valence-corrected chi connectivity index (χ1v) is 5.56. The van der Waals surface area contributed by atoms with Crippen LogP contribution in [-0.2, 0) is 17.8 Å². The molecule has 1 aromatic rings. The van der Waals surface area contributed by atoms with E-state index in [1.165, 1.54) is 0 Å². The van der Waals surface area contributed by atoms with Gasteiger partial charge in [-0.25, -0.2) is 0 Å². The van der Waals surface area contributed by atoms with Gasteiger partial charge in [0.05, 0.1) is 0 Å². The first-order valence-electron chi connectivity index (χ1n) is 4.80. The van der Waals surface area contributed by atoms with Crippen LogP contribution in [0.5, 0.6) is 0 Å². The zero-order chi connectivity index (χ0) is 11.0. The summed E-state index contributed by atoms with van der Waals surface area (Å²) in [5.74, 6) is 0.0942. The number of hydrogen-bond acceptors (Lipinski definition) is 1. The molecule has 0 bridgehead atoms. The molecule has 0 saturated heterocycles. The number of rotatable bonds is 0. The van der Waals surface area contributed by atoms with Crippen LogP contribution in [0.25, 0.3) is 0 Å². The predicted molar refractivity (Wildman–Crippen MR) is 61.3 cm³/mol. The van der Waals surface area contributed by atoms with Gasteiger partial charge in [0.25, 0.3) is 0 Å². The van der Waals surface area contributed by atoms with Gasteiger partial charge in [-0.1, -0.05) is 23.2 Å². The van der Waals surface area contributed by atoms with Gasteiger partial charge in [0.1, 0.15) is 0 Å². The molecule has 1 aliphatic heterocycles. The van der Waals surface area contributed by atoms with E-state index in [4.69, 9.17) is 23.2 Å². The molecule has 80 valence electrons. The number of hydrogen-bond donors (Lipinski definition) is 0. The van der Waals surface area contributed by atoms with Crippen molar-refractivity contribution >= 4 is 29.1 Å². The SMILES string of the molecule is CC(=O)N1CCc2c(Cl)cc(Cl)cc2C1. The van der Waals surface area contributed by atoms with Crippen LogP contribution in [0.3, 0.4) is 0 Å². The van der Waals surface area contributed by atoms with Gasteiger partial charge in [-0.2, -0.15) is 0 Å². The average Bonchev–Trinajstić information content (AvgIpc) is 2.16. The Morgan fingerprint density at radius 1 is 1.40 bits per heavy atom. The Kier molecular flexibility index (Phi) is 2.89. The van der Waals surface area contributed by atoms with Crippen LogP contribution in [0.15, 0.2) is 12.1 Å². The van der Waals surface area contributed by atoms with E-state index in [0.717, 1.165) is 24.1 Å². The Morgan fingerprint density at radius 3 is 2.80 bits per heavy atom. The van der Waals surface area contributed by atoms with Crippen molar-refractivity contribution in [3.05, 3.63) is 33.3 Å². The van der Waals surface area contributed by atoms with E-state index in [9.17, 15) is 4.79 Å². The van der Waals surface area contributed by atoms with Crippen molar-refractivity contribution in [3.63, 3.8) is 0 Å². The van der Waals surface area contributed by atoms with Crippen LogP contribution in [0.2, 0.25) is 10.0 Å². The van der Waals surface area contributed by atoms with Crippen molar-refractivity contribution in [2.75, 3.05) is 6.54 Å². The summed E-state index contributed by atoms with van der Waals surface area (Å²) in [5, 5.41) is 1.34. The third-order valence-corrected chi connectivity index (χ3v) is 3.25. The van der Waals surface area contributed by atoms with E-state index in [1.807, 2.05) is 6.07 Å². The van der Waals surface area contributed by atoms with Crippen molar-refractivity contribution in [3.8, 4) is 0 Å². The minimum absolute atomic E-state index is 0.0942. The fourth-order valence-corrected chi connectivity index (χ4v) is 2.51. The van der Waals surface area contributed by atoms with E-state index < -0.39 is 0 Å². The number of halogens is 2. The van der Waals surface area contributed by atoms with E-state index in [0.29, 0.717) is 16.6 Å². The van der Waals surface area contributed by atoms with Crippen LogP contribution >= 0.6 is 23.2 Å². The third-order valence-electron chi connectivity index (χ3n) is 2.69. The second-order valence-electron chi connectivity index (χ2n) is 3.72. The van der Waals surface area contributed by atoms with Gasteiger partial charge < -0.3 is 4.90 Å². The standard InChI is InChI=1S/C11H11Cl2NO/c1-7(15)14-3-2-10-8(6-14)4-9(12)5-11(10)13/h4-5H,2-3,6H2,1H3. The zero-order valence-electron chi connectivity index (χ0n) is 8.39. The highest BCUT2D eigenvalue weighted by Crippen LogP contribution is 2.29. The monoisotopic (exact) mass is 243 g/mol. The van der Waals surface area contributed by atoms with E-state index in [1.54, 1.807) is 17.9 Å². The molecule has 15 heavy (non-hydrogen) atoms. The Labute approximate surface area is 98.8 Å². The summed E-state index contributed by atoms with van der Waals surface area (Å²) in [6.07, 6.45) is 0.810. The summed E-state index contributed by atoms with van der Waals surface area (Å²) in [4.78, 5) is 13.0. The number of benzene rings is 1. The first kappa shape index (κ1) is 10.8. The lowest BCUT2D eigenvalue weighted by Crippen LogP contribution is -2.34. The van der Waals surface area contributed by atoms with E-state index in [2.05, 4.69) is 0 Å². The Balaban J connectivity index is 2.37. The summed E-state index contributed by atoms with van der Waals surface area (Å²) in [6.45, 7) is 2.94. The molecule has 2 nitrogen and oxygen atoms in total. The summed E-state index contributed by atoms with van der Waals surface area (Å²) < 4.78 is 0. The van der Waals surface area contributed by atoms with Crippen LogP contribution in [0.1, 0.15) is 18.1 Å². The molecular weight excluding hydrogens is 233 g/mol. The summed E-state index contributed by atoms with van der Waals surface area (Å²) >= 11 is 12.0. The van der Waals surface area contributed by atoms with Gasteiger partial charge in [-0.05, 0) is 29.7 Å². The second-order valence-corrected chi connectivity index (χ2v) is 4.56. The highest BCUT2D eigenvalue weighted by Gasteiger charge is 2.20. The molecule has 4 heteroatoms.